The average molecular weight is 458 g/mol. The van der Waals surface area contributed by atoms with Gasteiger partial charge in [-0.1, -0.05) is 0 Å². The van der Waals surface area contributed by atoms with Crippen molar-refractivity contribution >= 4 is 33.2 Å². The number of methoxy groups -OCH3 is 1. The number of hydrogen-bond acceptors (Lipinski definition) is 5. The first-order valence-corrected chi connectivity index (χ1v) is 12.2. The van der Waals surface area contributed by atoms with E-state index in [4.69, 9.17) is 4.74 Å². The summed E-state index contributed by atoms with van der Waals surface area (Å²) < 4.78 is 32.5. The van der Waals surface area contributed by atoms with Gasteiger partial charge in [0.25, 0.3) is 0 Å². The van der Waals surface area contributed by atoms with E-state index >= 15 is 0 Å². The number of ether oxygens (including phenoxy) is 1. The SMILES string of the molecule is COc1ccc(S(=O)(=O)N2CCC[C@@H](C(=O)Nc3ccc(N4CCCC4=O)cc3)C2)cc1. The number of carbonyl (C=O) groups excluding carboxylic acids is 2. The summed E-state index contributed by atoms with van der Waals surface area (Å²) in [5, 5.41) is 2.89. The average Bonchev–Trinajstić information content (AvgIpc) is 3.25. The van der Waals surface area contributed by atoms with E-state index in [2.05, 4.69) is 5.32 Å². The van der Waals surface area contributed by atoms with Gasteiger partial charge in [-0.25, -0.2) is 8.42 Å². The highest BCUT2D eigenvalue weighted by Gasteiger charge is 2.33. The minimum absolute atomic E-state index is 0.113. The largest absolute Gasteiger partial charge is 0.497 e. The highest BCUT2D eigenvalue weighted by Crippen LogP contribution is 2.27. The maximum atomic E-state index is 13.0. The second-order valence-corrected chi connectivity index (χ2v) is 10.0. The van der Waals surface area contributed by atoms with Gasteiger partial charge in [0.1, 0.15) is 5.75 Å². The highest BCUT2D eigenvalue weighted by molar-refractivity contribution is 7.89. The fraction of sp³-hybridized carbons (Fsp3) is 0.391. The number of nitrogens with zero attached hydrogens (tertiary/aromatic N) is 2. The monoisotopic (exact) mass is 457 g/mol. The molecule has 2 heterocycles. The first-order valence-electron chi connectivity index (χ1n) is 10.7. The Kier molecular flexibility index (Phi) is 6.48. The molecule has 2 aliphatic rings. The number of benzene rings is 2. The fourth-order valence-electron chi connectivity index (χ4n) is 4.16. The molecule has 0 radical (unpaired) electrons. The number of piperidine rings is 1. The predicted octanol–water partition coefficient (Wildman–Crippen LogP) is 2.86. The Morgan fingerprint density at radius 3 is 2.38 bits per heavy atom. The van der Waals surface area contributed by atoms with Gasteiger partial charge < -0.3 is 15.0 Å². The smallest absolute Gasteiger partial charge is 0.243 e. The fourth-order valence-corrected chi connectivity index (χ4v) is 5.69. The molecule has 2 aromatic carbocycles. The maximum absolute atomic E-state index is 13.0. The van der Waals surface area contributed by atoms with Crippen LogP contribution in [0.15, 0.2) is 53.4 Å². The number of sulfonamides is 1. The van der Waals surface area contributed by atoms with Gasteiger partial charge in [0, 0.05) is 37.4 Å². The van der Waals surface area contributed by atoms with Crippen LogP contribution in [-0.4, -0.2) is 51.3 Å². The van der Waals surface area contributed by atoms with E-state index in [1.165, 1.54) is 23.5 Å². The maximum Gasteiger partial charge on any atom is 0.243 e. The van der Waals surface area contributed by atoms with Crippen molar-refractivity contribution in [3.05, 3.63) is 48.5 Å². The third kappa shape index (κ3) is 4.63. The molecule has 4 rings (SSSR count). The van der Waals surface area contributed by atoms with Gasteiger partial charge in [-0.3, -0.25) is 9.59 Å². The van der Waals surface area contributed by atoms with Crippen LogP contribution in [0.25, 0.3) is 0 Å². The summed E-state index contributed by atoms with van der Waals surface area (Å²) in [5.41, 5.74) is 1.44. The van der Waals surface area contributed by atoms with Crippen LogP contribution < -0.4 is 15.0 Å². The lowest BCUT2D eigenvalue weighted by Crippen LogP contribution is -2.43. The Hall–Kier alpha value is -2.91. The molecule has 0 bridgehead atoms. The molecule has 2 saturated heterocycles. The second-order valence-electron chi connectivity index (χ2n) is 8.06. The van der Waals surface area contributed by atoms with Gasteiger partial charge in [0.2, 0.25) is 21.8 Å². The number of amides is 2. The van der Waals surface area contributed by atoms with Gasteiger partial charge >= 0.3 is 0 Å². The van der Waals surface area contributed by atoms with E-state index in [1.54, 1.807) is 29.2 Å². The first kappa shape index (κ1) is 22.3. The zero-order valence-electron chi connectivity index (χ0n) is 18.0. The van der Waals surface area contributed by atoms with E-state index in [0.29, 0.717) is 43.8 Å². The topological polar surface area (TPSA) is 96.0 Å². The quantitative estimate of drug-likeness (QED) is 0.720. The molecule has 1 N–H and O–H groups in total. The Morgan fingerprint density at radius 2 is 1.75 bits per heavy atom. The molecule has 0 aromatic heterocycles. The van der Waals surface area contributed by atoms with Crippen LogP contribution in [-0.2, 0) is 19.6 Å². The van der Waals surface area contributed by atoms with Crippen LogP contribution in [0.2, 0.25) is 0 Å². The Labute approximate surface area is 188 Å². The molecule has 0 spiro atoms. The Morgan fingerprint density at radius 1 is 1.03 bits per heavy atom. The standard InChI is InChI=1S/C23H27N3O5S/c1-31-20-10-12-21(13-11-20)32(29,30)25-14-2-4-17(16-25)23(28)24-18-6-8-19(9-7-18)26-15-3-5-22(26)27/h6-13,17H,2-5,14-16H2,1H3,(H,24,28)/t17-/m1/s1. The van der Waals surface area contributed by atoms with E-state index in [9.17, 15) is 18.0 Å². The first-order chi connectivity index (χ1) is 15.4. The molecule has 0 aliphatic carbocycles. The molecule has 1 atom stereocenters. The molecule has 2 fully saturated rings. The van der Waals surface area contributed by atoms with Crippen molar-refractivity contribution in [2.75, 3.05) is 37.0 Å². The third-order valence-corrected chi connectivity index (χ3v) is 7.85. The molecule has 32 heavy (non-hydrogen) atoms. The van der Waals surface area contributed by atoms with Crippen molar-refractivity contribution in [2.45, 2.75) is 30.6 Å². The van der Waals surface area contributed by atoms with Crippen LogP contribution in [0.1, 0.15) is 25.7 Å². The number of nitrogens with one attached hydrogen (secondary N) is 1. The molecule has 0 saturated carbocycles. The molecule has 2 amide bonds. The number of hydrogen-bond donors (Lipinski definition) is 1. The van der Waals surface area contributed by atoms with Gasteiger partial charge in [0.05, 0.1) is 17.9 Å². The number of rotatable bonds is 6. The molecular formula is C23H27N3O5S. The van der Waals surface area contributed by atoms with Crippen LogP contribution in [0.3, 0.4) is 0 Å². The van der Waals surface area contributed by atoms with Crippen LogP contribution in [0.4, 0.5) is 11.4 Å². The van der Waals surface area contributed by atoms with Crippen molar-refractivity contribution in [1.82, 2.24) is 4.31 Å². The van der Waals surface area contributed by atoms with Crippen LogP contribution >= 0.6 is 0 Å². The molecule has 0 unspecified atom stereocenters. The summed E-state index contributed by atoms with van der Waals surface area (Å²) in [4.78, 5) is 26.7. The lowest BCUT2D eigenvalue weighted by molar-refractivity contribution is -0.121. The predicted molar refractivity (Wildman–Crippen MR) is 121 cm³/mol. The van der Waals surface area contributed by atoms with Crippen molar-refractivity contribution in [3.8, 4) is 5.75 Å². The van der Waals surface area contributed by atoms with Crippen molar-refractivity contribution in [2.24, 2.45) is 5.92 Å². The summed E-state index contributed by atoms with van der Waals surface area (Å²) in [5.74, 6) is 0.0587. The van der Waals surface area contributed by atoms with Crippen molar-refractivity contribution < 1.29 is 22.7 Å². The number of anilines is 2. The summed E-state index contributed by atoms with van der Waals surface area (Å²) in [6.07, 6.45) is 2.66. The van der Waals surface area contributed by atoms with Crippen molar-refractivity contribution in [3.63, 3.8) is 0 Å². The normalized spacial score (nSPS) is 19.7. The summed E-state index contributed by atoms with van der Waals surface area (Å²) in [7, 11) is -2.16. The lowest BCUT2D eigenvalue weighted by atomic mass is 9.98. The van der Waals surface area contributed by atoms with Gasteiger partial charge in [-0.05, 0) is 67.8 Å². The molecule has 2 aromatic rings. The summed E-state index contributed by atoms with van der Waals surface area (Å²) in [6, 6.07) is 13.4. The van der Waals surface area contributed by atoms with Crippen LogP contribution in [0.5, 0.6) is 5.75 Å². The zero-order chi connectivity index (χ0) is 22.7. The summed E-state index contributed by atoms with van der Waals surface area (Å²) >= 11 is 0. The molecule has 170 valence electrons. The van der Waals surface area contributed by atoms with E-state index in [0.717, 1.165) is 12.1 Å². The van der Waals surface area contributed by atoms with Gasteiger partial charge in [0.15, 0.2) is 0 Å². The van der Waals surface area contributed by atoms with E-state index in [1.807, 2.05) is 12.1 Å². The summed E-state index contributed by atoms with van der Waals surface area (Å²) in [6.45, 7) is 1.24. The van der Waals surface area contributed by atoms with E-state index in [-0.39, 0.29) is 23.3 Å². The van der Waals surface area contributed by atoms with Gasteiger partial charge in [-0.2, -0.15) is 4.31 Å². The van der Waals surface area contributed by atoms with Crippen LogP contribution in [0, 0.1) is 5.92 Å². The zero-order valence-corrected chi connectivity index (χ0v) is 18.8. The molecular weight excluding hydrogens is 430 g/mol. The molecule has 9 heteroatoms. The lowest BCUT2D eigenvalue weighted by Gasteiger charge is -2.31. The second kappa shape index (κ2) is 9.30. The highest BCUT2D eigenvalue weighted by atomic mass is 32.2. The Balaban J connectivity index is 1.40. The van der Waals surface area contributed by atoms with Gasteiger partial charge in [-0.15, -0.1) is 0 Å². The van der Waals surface area contributed by atoms with Crippen molar-refractivity contribution in [1.29, 1.82) is 0 Å². The molecule has 2 aliphatic heterocycles. The minimum atomic E-state index is -3.69. The third-order valence-electron chi connectivity index (χ3n) is 5.97. The Bertz CT molecular complexity index is 1080. The number of carbonyl (C=O) groups is 2. The van der Waals surface area contributed by atoms with E-state index < -0.39 is 15.9 Å². The molecule has 8 nitrogen and oxygen atoms in total. The minimum Gasteiger partial charge on any atom is -0.497 e.